The van der Waals surface area contributed by atoms with Crippen LogP contribution in [-0.4, -0.2) is 18.0 Å². The van der Waals surface area contributed by atoms with E-state index in [1.54, 1.807) is 43.5 Å². The number of nitrogens with zero attached hydrogens (tertiary/aromatic N) is 1. The SMILES string of the molecule is COc1ccc(/C(=N/O)c2ccco2)cc1. The first kappa shape index (κ1) is 10.3. The molecule has 1 aromatic heterocycles. The van der Waals surface area contributed by atoms with Gasteiger partial charge in [-0.25, -0.2) is 0 Å². The Bertz CT molecular complexity index is 471. The van der Waals surface area contributed by atoms with E-state index in [9.17, 15) is 0 Å². The maximum absolute atomic E-state index is 8.97. The number of ether oxygens (including phenoxy) is 1. The van der Waals surface area contributed by atoms with Crippen molar-refractivity contribution in [3.8, 4) is 5.75 Å². The summed E-state index contributed by atoms with van der Waals surface area (Å²) in [5, 5.41) is 12.2. The van der Waals surface area contributed by atoms with Gasteiger partial charge in [-0.15, -0.1) is 0 Å². The smallest absolute Gasteiger partial charge is 0.156 e. The molecule has 2 rings (SSSR count). The fourth-order valence-electron chi connectivity index (χ4n) is 1.41. The molecule has 0 bridgehead atoms. The first-order valence-electron chi connectivity index (χ1n) is 4.75. The van der Waals surface area contributed by atoms with E-state index in [0.29, 0.717) is 11.5 Å². The Morgan fingerprint density at radius 3 is 2.50 bits per heavy atom. The molecule has 0 spiro atoms. The molecule has 0 unspecified atom stereocenters. The summed E-state index contributed by atoms with van der Waals surface area (Å²) in [5.41, 5.74) is 1.16. The first-order chi connectivity index (χ1) is 7.85. The maximum Gasteiger partial charge on any atom is 0.156 e. The lowest BCUT2D eigenvalue weighted by Crippen LogP contribution is -2.01. The standard InChI is InChI=1S/C12H11NO3/c1-15-10-6-4-9(5-7-10)12(13-14)11-3-2-8-16-11/h2-8,14H,1H3/b13-12-. The van der Waals surface area contributed by atoms with E-state index in [0.717, 1.165) is 11.3 Å². The molecule has 4 nitrogen and oxygen atoms in total. The molecule has 0 saturated heterocycles. The highest BCUT2D eigenvalue weighted by atomic mass is 16.5. The zero-order valence-corrected chi connectivity index (χ0v) is 8.75. The molecule has 1 aromatic carbocycles. The van der Waals surface area contributed by atoms with Crippen molar-refractivity contribution in [3.05, 3.63) is 54.0 Å². The number of oxime groups is 1. The summed E-state index contributed by atoms with van der Waals surface area (Å²) in [4.78, 5) is 0. The average Bonchev–Trinajstić information content (AvgIpc) is 2.85. The topological polar surface area (TPSA) is 55.0 Å². The minimum atomic E-state index is 0.396. The number of hydrogen-bond acceptors (Lipinski definition) is 4. The summed E-state index contributed by atoms with van der Waals surface area (Å²) in [6, 6.07) is 10.7. The normalized spacial score (nSPS) is 11.4. The summed E-state index contributed by atoms with van der Waals surface area (Å²) >= 11 is 0. The van der Waals surface area contributed by atoms with Crippen LogP contribution in [0.15, 0.2) is 52.2 Å². The van der Waals surface area contributed by atoms with Crippen LogP contribution < -0.4 is 4.74 Å². The van der Waals surface area contributed by atoms with Crippen LogP contribution in [0.4, 0.5) is 0 Å². The number of rotatable bonds is 3. The molecule has 0 amide bonds. The third-order valence-electron chi connectivity index (χ3n) is 2.22. The predicted molar refractivity (Wildman–Crippen MR) is 59.1 cm³/mol. The van der Waals surface area contributed by atoms with Gasteiger partial charge in [0.1, 0.15) is 5.75 Å². The molecular formula is C12H11NO3. The summed E-state index contributed by atoms with van der Waals surface area (Å²) in [5.74, 6) is 1.27. The van der Waals surface area contributed by atoms with Crippen molar-refractivity contribution in [2.75, 3.05) is 7.11 Å². The third-order valence-corrected chi connectivity index (χ3v) is 2.22. The largest absolute Gasteiger partial charge is 0.497 e. The molecule has 0 aliphatic rings. The van der Waals surface area contributed by atoms with Crippen LogP contribution in [0.1, 0.15) is 11.3 Å². The lowest BCUT2D eigenvalue weighted by molar-refractivity contribution is 0.318. The van der Waals surface area contributed by atoms with Gasteiger partial charge < -0.3 is 14.4 Å². The second-order valence-electron chi connectivity index (χ2n) is 3.15. The Balaban J connectivity index is 2.35. The molecule has 4 heteroatoms. The van der Waals surface area contributed by atoms with E-state index in [-0.39, 0.29) is 0 Å². The second kappa shape index (κ2) is 4.53. The molecule has 0 saturated carbocycles. The summed E-state index contributed by atoms with van der Waals surface area (Å²) < 4.78 is 10.2. The van der Waals surface area contributed by atoms with Gasteiger partial charge in [0.15, 0.2) is 11.5 Å². The van der Waals surface area contributed by atoms with Crippen LogP contribution in [0.2, 0.25) is 0 Å². The maximum atomic E-state index is 8.97. The van der Waals surface area contributed by atoms with Gasteiger partial charge >= 0.3 is 0 Å². The van der Waals surface area contributed by atoms with E-state index in [1.165, 1.54) is 6.26 Å². The van der Waals surface area contributed by atoms with Gasteiger partial charge in [-0.1, -0.05) is 5.16 Å². The second-order valence-corrected chi connectivity index (χ2v) is 3.15. The van der Waals surface area contributed by atoms with Gasteiger partial charge in [0.05, 0.1) is 13.4 Å². The fourth-order valence-corrected chi connectivity index (χ4v) is 1.41. The van der Waals surface area contributed by atoms with Crippen molar-refractivity contribution in [1.29, 1.82) is 0 Å². The lowest BCUT2D eigenvalue weighted by atomic mass is 10.1. The number of hydrogen-bond donors (Lipinski definition) is 1. The lowest BCUT2D eigenvalue weighted by Gasteiger charge is -2.03. The number of methoxy groups -OCH3 is 1. The Hall–Kier alpha value is -2.23. The van der Waals surface area contributed by atoms with Crippen molar-refractivity contribution >= 4 is 5.71 Å². The first-order valence-corrected chi connectivity index (χ1v) is 4.75. The molecular weight excluding hydrogens is 206 g/mol. The van der Waals surface area contributed by atoms with Crippen molar-refractivity contribution in [2.45, 2.75) is 0 Å². The summed E-state index contributed by atoms with van der Waals surface area (Å²) in [7, 11) is 1.60. The molecule has 82 valence electrons. The van der Waals surface area contributed by atoms with Crippen molar-refractivity contribution < 1.29 is 14.4 Å². The zero-order valence-electron chi connectivity index (χ0n) is 8.75. The van der Waals surface area contributed by atoms with E-state index in [1.807, 2.05) is 0 Å². The van der Waals surface area contributed by atoms with Crippen LogP contribution in [-0.2, 0) is 0 Å². The Labute approximate surface area is 92.8 Å². The van der Waals surface area contributed by atoms with Crippen molar-refractivity contribution in [1.82, 2.24) is 0 Å². The van der Waals surface area contributed by atoms with Gasteiger partial charge in [0.2, 0.25) is 0 Å². The molecule has 0 aliphatic heterocycles. The summed E-state index contributed by atoms with van der Waals surface area (Å²) in [6.07, 6.45) is 1.53. The van der Waals surface area contributed by atoms with Gasteiger partial charge in [-0.3, -0.25) is 0 Å². The van der Waals surface area contributed by atoms with Crippen LogP contribution in [0, 0.1) is 0 Å². The van der Waals surface area contributed by atoms with Crippen LogP contribution in [0.5, 0.6) is 5.75 Å². The molecule has 0 aliphatic carbocycles. The highest BCUT2D eigenvalue weighted by molar-refractivity contribution is 6.10. The monoisotopic (exact) mass is 217 g/mol. The number of benzene rings is 1. The Morgan fingerprint density at radius 1 is 1.25 bits per heavy atom. The minimum Gasteiger partial charge on any atom is -0.497 e. The van der Waals surface area contributed by atoms with Gasteiger partial charge in [-0.05, 0) is 36.4 Å². The van der Waals surface area contributed by atoms with E-state index in [4.69, 9.17) is 14.4 Å². The minimum absolute atomic E-state index is 0.396. The summed E-state index contributed by atoms with van der Waals surface area (Å²) in [6.45, 7) is 0. The highest BCUT2D eigenvalue weighted by Gasteiger charge is 2.10. The highest BCUT2D eigenvalue weighted by Crippen LogP contribution is 2.15. The van der Waals surface area contributed by atoms with E-state index in [2.05, 4.69) is 5.16 Å². The van der Waals surface area contributed by atoms with Crippen LogP contribution >= 0.6 is 0 Å². The molecule has 1 heterocycles. The van der Waals surface area contributed by atoms with Crippen LogP contribution in [0.25, 0.3) is 0 Å². The Kier molecular flexibility index (Phi) is 2.91. The van der Waals surface area contributed by atoms with Crippen molar-refractivity contribution in [3.63, 3.8) is 0 Å². The van der Waals surface area contributed by atoms with Gasteiger partial charge in [0, 0.05) is 5.56 Å². The predicted octanol–water partition coefficient (Wildman–Crippen LogP) is 2.51. The van der Waals surface area contributed by atoms with Gasteiger partial charge in [-0.2, -0.15) is 0 Å². The quantitative estimate of drug-likeness (QED) is 0.488. The van der Waals surface area contributed by atoms with Crippen LogP contribution in [0.3, 0.4) is 0 Å². The van der Waals surface area contributed by atoms with E-state index >= 15 is 0 Å². The molecule has 0 radical (unpaired) electrons. The fraction of sp³-hybridized carbons (Fsp3) is 0.0833. The van der Waals surface area contributed by atoms with Gasteiger partial charge in [0.25, 0.3) is 0 Å². The Morgan fingerprint density at radius 2 is 2.00 bits per heavy atom. The number of furan rings is 1. The zero-order chi connectivity index (χ0) is 11.4. The van der Waals surface area contributed by atoms with E-state index < -0.39 is 0 Å². The third kappa shape index (κ3) is 1.91. The molecule has 2 aromatic rings. The molecule has 0 fully saturated rings. The van der Waals surface area contributed by atoms with Crippen molar-refractivity contribution in [2.24, 2.45) is 5.16 Å². The molecule has 0 atom stereocenters. The molecule has 1 N–H and O–H groups in total. The average molecular weight is 217 g/mol. The molecule has 16 heavy (non-hydrogen) atoms.